The van der Waals surface area contributed by atoms with Crippen LogP contribution < -0.4 is 9.47 Å². The fraction of sp³-hybridized carbons (Fsp3) is 0.0870. The molecule has 0 N–H and O–H groups in total. The Hall–Kier alpha value is -3.64. The Labute approximate surface area is 177 Å². The minimum Gasteiger partial charge on any atom is -0.488 e. The van der Waals surface area contributed by atoms with Crippen molar-refractivity contribution in [2.24, 2.45) is 0 Å². The van der Waals surface area contributed by atoms with Gasteiger partial charge in [0.1, 0.15) is 18.1 Å². The number of nitrogens with zero attached hydrogens (tertiary/aromatic N) is 1. The summed E-state index contributed by atoms with van der Waals surface area (Å²) in [7, 11) is 0. The summed E-state index contributed by atoms with van der Waals surface area (Å²) in [6.45, 7) is 2.17. The van der Waals surface area contributed by atoms with E-state index in [2.05, 4.69) is 0 Å². The maximum Gasteiger partial charge on any atom is 0.270 e. The molecule has 1 aliphatic rings. The van der Waals surface area contributed by atoms with E-state index in [1.54, 1.807) is 36.4 Å². The van der Waals surface area contributed by atoms with Crippen LogP contribution in [0.25, 0.3) is 6.08 Å². The molecule has 7 heteroatoms. The van der Waals surface area contributed by atoms with Gasteiger partial charge in [0.25, 0.3) is 5.69 Å². The number of benzene rings is 3. The zero-order valence-electron chi connectivity index (χ0n) is 15.9. The van der Waals surface area contributed by atoms with Gasteiger partial charge in [0, 0.05) is 22.7 Å². The minimum atomic E-state index is -0.484. The van der Waals surface area contributed by atoms with Crippen molar-refractivity contribution in [3.63, 3.8) is 0 Å². The van der Waals surface area contributed by atoms with Crippen molar-refractivity contribution in [3.8, 4) is 11.5 Å². The Bertz CT molecular complexity index is 1180. The maximum absolute atomic E-state index is 12.7. The van der Waals surface area contributed by atoms with E-state index in [1.807, 2.05) is 19.1 Å². The molecule has 30 heavy (non-hydrogen) atoms. The molecule has 4 rings (SSSR count). The van der Waals surface area contributed by atoms with Crippen LogP contribution in [0.1, 0.15) is 27.0 Å². The highest BCUT2D eigenvalue weighted by Crippen LogP contribution is 2.39. The minimum absolute atomic E-state index is 0.0543. The topological polar surface area (TPSA) is 78.7 Å². The summed E-state index contributed by atoms with van der Waals surface area (Å²) in [5.41, 5.74) is 2.56. The van der Waals surface area contributed by atoms with E-state index < -0.39 is 4.92 Å². The quantitative estimate of drug-likeness (QED) is 0.297. The molecule has 1 aliphatic heterocycles. The summed E-state index contributed by atoms with van der Waals surface area (Å²) in [5, 5.41) is 11.6. The average molecular weight is 422 g/mol. The lowest BCUT2D eigenvalue weighted by atomic mass is 10.1. The molecule has 0 saturated heterocycles. The smallest absolute Gasteiger partial charge is 0.270 e. The average Bonchev–Trinajstić information content (AvgIpc) is 3.05. The summed E-state index contributed by atoms with van der Waals surface area (Å²) in [5.74, 6) is 0.880. The normalized spacial score (nSPS) is 13.8. The number of carbonyl (C=O) groups is 1. The van der Waals surface area contributed by atoms with E-state index >= 15 is 0 Å². The van der Waals surface area contributed by atoms with Crippen molar-refractivity contribution in [1.29, 1.82) is 0 Å². The number of hydrogen-bond donors (Lipinski definition) is 0. The largest absolute Gasteiger partial charge is 0.488 e. The van der Waals surface area contributed by atoms with E-state index in [-0.39, 0.29) is 17.2 Å². The molecular weight excluding hydrogens is 406 g/mol. The number of carbonyl (C=O) groups excluding carboxylic acids is 1. The number of ether oxygens (including phenoxy) is 2. The van der Waals surface area contributed by atoms with Crippen molar-refractivity contribution in [1.82, 2.24) is 0 Å². The van der Waals surface area contributed by atoms with Crippen LogP contribution in [-0.2, 0) is 6.61 Å². The van der Waals surface area contributed by atoms with Gasteiger partial charge in [0.2, 0.25) is 5.78 Å². The lowest BCUT2D eigenvalue weighted by Crippen LogP contribution is -1.98. The number of fused-ring (bicyclic) bond motifs is 1. The Morgan fingerprint density at radius 3 is 2.63 bits per heavy atom. The first-order valence-corrected chi connectivity index (χ1v) is 9.50. The molecule has 0 saturated carbocycles. The number of halogens is 1. The van der Waals surface area contributed by atoms with Crippen molar-refractivity contribution in [2.45, 2.75) is 13.5 Å². The number of nitro benzene ring substituents is 1. The number of rotatable bonds is 5. The van der Waals surface area contributed by atoms with Gasteiger partial charge in [-0.3, -0.25) is 14.9 Å². The predicted octanol–water partition coefficient (Wildman–Crippen LogP) is 5.75. The summed E-state index contributed by atoms with van der Waals surface area (Å²) < 4.78 is 11.7. The Balaban J connectivity index is 1.57. The second kappa shape index (κ2) is 8.00. The van der Waals surface area contributed by atoms with Crippen LogP contribution in [-0.4, -0.2) is 10.7 Å². The summed E-state index contributed by atoms with van der Waals surface area (Å²) in [6, 6.07) is 16.8. The monoisotopic (exact) mass is 421 g/mol. The molecule has 0 aromatic heterocycles. The molecule has 3 aromatic rings. The molecule has 150 valence electrons. The van der Waals surface area contributed by atoms with Crippen molar-refractivity contribution in [2.75, 3.05) is 0 Å². The van der Waals surface area contributed by atoms with E-state index in [0.717, 1.165) is 5.56 Å². The van der Waals surface area contributed by atoms with E-state index in [0.29, 0.717) is 39.8 Å². The molecule has 0 fully saturated rings. The number of ketones is 1. The Morgan fingerprint density at radius 1 is 1.13 bits per heavy atom. The van der Waals surface area contributed by atoms with Gasteiger partial charge in [0.05, 0.1) is 10.5 Å². The van der Waals surface area contributed by atoms with Crippen LogP contribution >= 0.6 is 11.6 Å². The third-order valence-electron chi connectivity index (χ3n) is 4.72. The van der Waals surface area contributed by atoms with Gasteiger partial charge < -0.3 is 9.47 Å². The van der Waals surface area contributed by atoms with Gasteiger partial charge in [-0.1, -0.05) is 35.9 Å². The highest BCUT2D eigenvalue weighted by molar-refractivity contribution is 6.30. The summed E-state index contributed by atoms with van der Waals surface area (Å²) in [4.78, 5) is 23.2. The first kappa shape index (κ1) is 19.7. The third kappa shape index (κ3) is 3.90. The molecule has 0 atom stereocenters. The Kier molecular flexibility index (Phi) is 5.25. The van der Waals surface area contributed by atoms with Gasteiger partial charge in [-0.15, -0.1) is 0 Å². The van der Waals surface area contributed by atoms with Gasteiger partial charge in [0.15, 0.2) is 5.76 Å². The zero-order valence-corrected chi connectivity index (χ0v) is 16.7. The van der Waals surface area contributed by atoms with Crippen LogP contribution in [0.3, 0.4) is 0 Å². The highest BCUT2D eigenvalue weighted by atomic mass is 35.5. The highest BCUT2D eigenvalue weighted by Gasteiger charge is 2.30. The second-order valence-corrected chi connectivity index (χ2v) is 7.21. The Morgan fingerprint density at radius 2 is 1.90 bits per heavy atom. The van der Waals surface area contributed by atoms with E-state index in [9.17, 15) is 14.9 Å². The molecule has 0 unspecified atom stereocenters. The van der Waals surface area contributed by atoms with Gasteiger partial charge >= 0.3 is 0 Å². The van der Waals surface area contributed by atoms with Gasteiger partial charge in [-0.2, -0.15) is 0 Å². The van der Waals surface area contributed by atoms with E-state index in [1.165, 1.54) is 18.2 Å². The molecule has 0 radical (unpaired) electrons. The molecule has 6 nitrogen and oxygen atoms in total. The fourth-order valence-corrected chi connectivity index (χ4v) is 3.27. The van der Waals surface area contributed by atoms with Crippen LogP contribution in [0.5, 0.6) is 11.5 Å². The van der Waals surface area contributed by atoms with Crippen LogP contribution in [0.2, 0.25) is 5.02 Å². The van der Waals surface area contributed by atoms with Gasteiger partial charge in [-0.05, 0) is 48.4 Å². The first-order chi connectivity index (χ1) is 14.4. The molecule has 0 bridgehead atoms. The van der Waals surface area contributed by atoms with Gasteiger partial charge in [-0.25, -0.2) is 0 Å². The van der Waals surface area contributed by atoms with Crippen molar-refractivity contribution < 1.29 is 19.2 Å². The number of hydrogen-bond acceptors (Lipinski definition) is 5. The summed E-state index contributed by atoms with van der Waals surface area (Å²) in [6.07, 6.45) is 1.50. The summed E-state index contributed by atoms with van der Waals surface area (Å²) >= 11 is 5.90. The molecule has 0 amide bonds. The lowest BCUT2D eigenvalue weighted by molar-refractivity contribution is -0.384. The predicted molar refractivity (Wildman–Crippen MR) is 113 cm³/mol. The third-order valence-corrected chi connectivity index (χ3v) is 4.97. The zero-order chi connectivity index (χ0) is 21.3. The standard InChI is InChI=1S/C23H16ClNO5/c1-14-20(29-13-15-5-7-17(24)8-6-15)10-9-19-22(26)21(30-23(14)19)12-16-3-2-4-18(11-16)25(27)28/h2-12H,13H2,1H3/b21-12-. The molecular formula is C23H16ClNO5. The molecule has 3 aromatic carbocycles. The maximum atomic E-state index is 12.7. The van der Waals surface area contributed by atoms with Crippen molar-refractivity contribution in [3.05, 3.63) is 104 Å². The number of nitro groups is 1. The lowest BCUT2D eigenvalue weighted by Gasteiger charge is -2.11. The fourth-order valence-electron chi connectivity index (χ4n) is 3.15. The molecule has 0 spiro atoms. The first-order valence-electron chi connectivity index (χ1n) is 9.12. The number of allylic oxidation sites excluding steroid dienone is 1. The van der Waals surface area contributed by atoms with E-state index in [4.69, 9.17) is 21.1 Å². The molecule has 0 aliphatic carbocycles. The SMILES string of the molecule is Cc1c(OCc2ccc(Cl)cc2)ccc2c1O/C(=C\c1cccc([N+](=O)[O-])c1)C2=O. The van der Waals surface area contributed by atoms with Crippen LogP contribution in [0.15, 0.2) is 66.4 Å². The number of Topliss-reactive ketones (excluding diaryl/α,β-unsaturated/α-hetero) is 1. The van der Waals surface area contributed by atoms with Crippen molar-refractivity contribution >= 4 is 29.1 Å². The van der Waals surface area contributed by atoms with Crippen LogP contribution in [0.4, 0.5) is 5.69 Å². The number of non-ortho nitro benzene ring substituents is 1. The molecule has 1 heterocycles. The van der Waals surface area contributed by atoms with Crippen LogP contribution in [0, 0.1) is 17.0 Å². The second-order valence-electron chi connectivity index (χ2n) is 6.77.